The average Bonchev–Trinajstić information content (AvgIpc) is 3.27. The number of nitrogens with one attached hydrogen (secondary N) is 1. The van der Waals surface area contributed by atoms with Crippen LogP contribution in [0.1, 0.15) is 11.1 Å². The Morgan fingerprint density at radius 3 is 1.96 bits per heavy atom. The van der Waals surface area contributed by atoms with Crippen LogP contribution >= 0.6 is 0 Å². The zero-order chi connectivity index (χ0) is 18.5. The van der Waals surface area contributed by atoms with E-state index in [1.54, 1.807) is 18.6 Å². The van der Waals surface area contributed by atoms with Gasteiger partial charge in [-0.05, 0) is 6.07 Å². The largest absolute Gasteiger partial charge is 0.371 e. The molecule has 4 rings (SSSR count). The van der Waals surface area contributed by atoms with Gasteiger partial charge in [-0.1, -0.05) is 60.7 Å². The molecule has 2 heterocycles. The smallest absolute Gasteiger partial charge is 0.155 e. The molecule has 27 heavy (non-hydrogen) atoms. The first-order valence-electron chi connectivity index (χ1n) is 8.60. The van der Waals surface area contributed by atoms with Crippen molar-refractivity contribution in [2.24, 2.45) is 4.99 Å². The molecule has 6 nitrogen and oxygen atoms in total. The summed E-state index contributed by atoms with van der Waals surface area (Å²) in [7, 11) is 1.82. The van der Waals surface area contributed by atoms with E-state index in [2.05, 4.69) is 44.8 Å². The van der Waals surface area contributed by atoms with Crippen LogP contribution in [-0.4, -0.2) is 32.7 Å². The highest BCUT2D eigenvalue weighted by Gasteiger charge is 2.14. The minimum absolute atomic E-state index is 0.660. The van der Waals surface area contributed by atoms with Gasteiger partial charge in [-0.25, -0.2) is 9.98 Å². The van der Waals surface area contributed by atoms with Crippen molar-refractivity contribution in [2.45, 2.75) is 0 Å². The summed E-state index contributed by atoms with van der Waals surface area (Å²) in [5.74, 6) is 0.660. The van der Waals surface area contributed by atoms with Crippen LogP contribution in [0.3, 0.4) is 0 Å². The van der Waals surface area contributed by atoms with Crippen LogP contribution in [-0.2, 0) is 0 Å². The lowest BCUT2D eigenvalue weighted by molar-refractivity contribution is 0.750. The van der Waals surface area contributed by atoms with Crippen LogP contribution in [0.15, 0.2) is 90.3 Å². The Kier molecular flexibility index (Phi) is 4.70. The number of rotatable bonds is 5. The molecular formula is C21H18N6. The fraction of sp³-hybridized carbons (Fsp3) is 0.0476. The van der Waals surface area contributed by atoms with Crippen molar-refractivity contribution in [3.63, 3.8) is 0 Å². The molecule has 0 aliphatic heterocycles. The van der Waals surface area contributed by atoms with Gasteiger partial charge < -0.3 is 5.32 Å². The van der Waals surface area contributed by atoms with Crippen molar-refractivity contribution in [1.82, 2.24) is 20.0 Å². The highest BCUT2D eigenvalue weighted by Crippen LogP contribution is 2.29. The van der Waals surface area contributed by atoms with Gasteiger partial charge in [0.15, 0.2) is 11.5 Å². The first-order valence-corrected chi connectivity index (χ1v) is 8.60. The lowest BCUT2D eigenvalue weighted by Crippen LogP contribution is -2.07. The summed E-state index contributed by atoms with van der Waals surface area (Å²) in [5.41, 5.74) is 4.37. The maximum absolute atomic E-state index is 5.00. The molecule has 2 aromatic heterocycles. The molecule has 4 aromatic rings. The Balaban J connectivity index is 1.94. The fourth-order valence-corrected chi connectivity index (χ4v) is 2.85. The van der Waals surface area contributed by atoms with Crippen LogP contribution in [0, 0.1) is 0 Å². The summed E-state index contributed by atoms with van der Waals surface area (Å²) < 4.78 is 0. The van der Waals surface area contributed by atoms with Gasteiger partial charge in [0.05, 0.1) is 23.8 Å². The van der Waals surface area contributed by atoms with E-state index < -0.39 is 0 Å². The van der Waals surface area contributed by atoms with E-state index in [0.29, 0.717) is 11.5 Å². The van der Waals surface area contributed by atoms with Crippen LogP contribution in [0.5, 0.6) is 0 Å². The zero-order valence-electron chi connectivity index (χ0n) is 14.8. The number of pyridine rings is 1. The number of hydrogen-bond donors (Lipinski definition) is 1. The molecular weight excluding hydrogens is 336 g/mol. The van der Waals surface area contributed by atoms with Crippen molar-refractivity contribution in [2.75, 3.05) is 12.4 Å². The van der Waals surface area contributed by atoms with Gasteiger partial charge >= 0.3 is 0 Å². The topological polar surface area (TPSA) is 68.0 Å². The first-order chi connectivity index (χ1) is 13.4. The highest BCUT2D eigenvalue weighted by atomic mass is 15.5. The third-order valence-electron chi connectivity index (χ3n) is 4.09. The summed E-state index contributed by atoms with van der Waals surface area (Å²) in [6.45, 7) is 0. The lowest BCUT2D eigenvalue weighted by atomic mass is 10.0. The number of aromatic nitrogens is 4. The van der Waals surface area contributed by atoms with Gasteiger partial charge in [0.25, 0.3) is 0 Å². The second kappa shape index (κ2) is 7.61. The molecule has 6 heteroatoms. The Morgan fingerprint density at radius 2 is 1.41 bits per heavy atom. The van der Waals surface area contributed by atoms with Crippen molar-refractivity contribution in [1.29, 1.82) is 0 Å². The van der Waals surface area contributed by atoms with Gasteiger partial charge in [0, 0.05) is 24.4 Å². The number of anilines is 1. The molecule has 0 fully saturated rings. The molecule has 0 aliphatic carbocycles. The molecule has 1 N–H and O–H groups in total. The third kappa shape index (κ3) is 3.46. The average molecular weight is 354 g/mol. The van der Waals surface area contributed by atoms with Crippen LogP contribution in [0.4, 0.5) is 11.5 Å². The normalized spacial score (nSPS) is 10.4. The van der Waals surface area contributed by atoms with Crippen molar-refractivity contribution in [3.8, 4) is 5.69 Å². The molecule has 0 spiro atoms. The maximum Gasteiger partial charge on any atom is 0.155 e. The summed E-state index contributed by atoms with van der Waals surface area (Å²) in [6, 6.07) is 22.1. The number of hydrogen-bond acceptors (Lipinski definition) is 5. The molecule has 0 atom stereocenters. The van der Waals surface area contributed by atoms with E-state index >= 15 is 0 Å². The summed E-state index contributed by atoms with van der Waals surface area (Å²) in [6.07, 6.45) is 5.00. The molecule has 0 unspecified atom stereocenters. The summed E-state index contributed by atoms with van der Waals surface area (Å²) >= 11 is 0. The maximum atomic E-state index is 5.00. The van der Waals surface area contributed by atoms with Crippen LogP contribution in [0.2, 0.25) is 0 Å². The Bertz CT molecular complexity index is 999. The summed E-state index contributed by atoms with van der Waals surface area (Å²) in [5, 5.41) is 11.6. The highest BCUT2D eigenvalue weighted by molar-refractivity contribution is 6.14. The quantitative estimate of drug-likeness (QED) is 0.552. The zero-order valence-corrected chi connectivity index (χ0v) is 14.8. The predicted molar refractivity (Wildman–Crippen MR) is 107 cm³/mol. The van der Waals surface area contributed by atoms with E-state index in [1.807, 2.05) is 49.5 Å². The van der Waals surface area contributed by atoms with Crippen molar-refractivity contribution < 1.29 is 0 Å². The molecule has 132 valence electrons. The lowest BCUT2D eigenvalue weighted by Gasteiger charge is -2.12. The van der Waals surface area contributed by atoms with Gasteiger partial charge in [0.1, 0.15) is 0 Å². The van der Waals surface area contributed by atoms with Gasteiger partial charge in [-0.3, -0.25) is 0 Å². The Hall–Kier alpha value is -3.80. The number of aliphatic imine (C=N–C) groups is 1. The second-order valence-electron chi connectivity index (χ2n) is 5.79. The SMILES string of the molecule is CNc1nccc(N=C(c2ccccc2)c2ccccc2)c1-n1nccn1. The molecule has 0 radical (unpaired) electrons. The Labute approximate surface area is 157 Å². The fourth-order valence-electron chi connectivity index (χ4n) is 2.85. The van der Waals surface area contributed by atoms with E-state index in [4.69, 9.17) is 4.99 Å². The molecule has 0 bridgehead atoms. The molecule has 0 amide bonds. The first kappa shape index (κ1) is 16.7. The predicted octanol–water partition coefficient (Wildman–Crippen LogP) is 3.87. The van der Waals surface area contributed by atoms with Crippen molar-refractivity contribution >= 4 is 17.2 Å². The summed E-state index contributed by atoms with van der Waals surface area (Å²) in [4.78, 5) is 10.9. The van der Waals surface area contributed by atoms with Gasteiger partial charge in [-0.2, -0.15) is 10.2 Å². The molecule has 0 saturated carbocycles. The Morgan fingerprint density at radius 1 is 0.815 bits per heavy atom. The minimum atomic E-state index is 0.660. The second-order valence-corrected chi connectivity index (χ2v) is 5.79. The van der Waals surface area contributed by atoms with E-state index in [9.17, 15) is 0 Å². The standard InChI is InChI=1S/C21H18N6/c1-22-21-20(27-24-14-15-25-27)18(12-13-23-21)26-19(16-8-4-2-5-9-16)17-10-6-3-7-11-17/h2-15H,1H3,(H,22,23). The number of nitrogens with zero attached hydrogens (tertiary/aromatic N) is 5. The van der Waals surface area contributed by atoms with E-state index in [1.165, 1.54) is 4.80 Å². The van der Waals surface area contributed by atoms with Gasteiger partial charge in [0.2, 0.25) is 0 Å². The number of benzene rings is 2. The third-order valence-corrected chi connectivity index (χ3v) is 4.09. The van der Waals surface area contributed by atoms with Crippen molar-refractivity contribution in [3.05, 3.63) is 96.4 Å². The minimum Gasteiger partial charge on any atom is -0.371 e. The molecule has 0 aliphatic rings. The van der Waals surface area contributed by atoms with E-state index in [0.717, 1.165) is 22.5 Å². The van der Waals surface area contributed by atoms with Crippen LogP contribution in [0.25, 0.3) is 5.69 Å². The van der Waals surface area contributed by atoms with Gasteiger partial charge in [-0.15, -0.1) is 4.80 Å². The monoisotopic (exact) mass is 354 g/mol. The molecule has 2 aromatic carbocycles. The van der Waals surface area contributed by atoms with E-state index in [-0.39, 0.29) is 0 Å². The molecule has 0 saturated heterocycles. The van der Waals surface area contributed by atoms with Crippen LogP contribution < -0.4 is 5.32 Å².